The molecule has 1 aromatic carbocycles. The third kappa shape index (κ3) is 3.19. The Bertz CT molecular complexity index is 385. The van der Waals surface area contributed by atoms with Gasteiger partial charge in [-0.3, -0.25) is 4.79 Å². The van der Waals surface area contributed by atoms with Crippen LogP contribution >= 0.6 is 22.6 Å². The predicted molar refractivity (Wildman–Crippen MR) is 72.3 cm³/mol. The molecule has 3 heteroatoms. The fourth-order valence-corrected chi connectivity index (χ4v) is 2.70. The van der Waals surface area contributed by atoms with Gasteiger partial charge in [-0.15, -0.1) is 0 Å². The molecule has 1 N–H and O–H groups in total. The third-order valence-corrected chi connectivity index (χ3v) is 3.21. The summed E-state index contributed by atoms with van der Waals surface area (Å²) in [6.45, 7) is 7.86. The Hall–Kier alpha value is -0.580. The molecule has 0 radical (unpaired) electrons. The fraction of sp³-hybridized carbons (Fsp3) is 0.417. The Morgan fingerprint density at radius 3 is 2.47 bits per heavy atom. The van der Waals surface area contributed by atoms with Gasteiger partial charge in [0.05, 0.1) is 0 Å². The van der Waals surface area contributed by atoms with E-state index in [-0.39, 0.29) is 5.91 Å². The number of anilines is 1. The summed E-state index contributed by atoms with van der Waals surface area (Å²) in [6.07, 6.45) is 0. The highest BCUT2D eigenvalue weighted by Gasteiger charge is 2.09. The molecule has 0 atom stereocenters. The molecule has 1 rings (SSSR count). The zero-order valence-corrected chi connectivity index (χ0v) is 11.7. The van der Waals surface area contributed by atoms with Crippen LogP contribution in [-0.2, 0) is 4.79 Å². The summed E-state index contributed by atoms with van der Waals surface area (Å²) in [5.41, 5.74) is 3.32. The van der Waals surface area contributed by atoms with E-state index in [1.807, 2.05) is 6.92 Å². The first-order valence-corrected chi connectivity index (χ1v) is 6.07. The summed E-state index contributed by atoms with van der Waals surface area (Å²) in [6, 6.07) is 4.18. The number of aryl methyl sites for hydroxylation is 1. The van der Waals surface area contributed by atoms with Crippen LogP contribution in [0.5, 0.6) is 0 Å². The lowest BCUT2D eigenvalue weighted by Gasteiger charge is -2.14. The van der Waals surface area contributed by atoms with E-state index in [1.165, 1.54) is 16.1 Å². The van der Waals surface area contributed by atoms with Crippen molar-refractivity contribution < 1.29 is 4.79 Å². The molecule has 0 fully saturated rings. The molecule has 0 bridgehead atoms. The fourth-order valence-electron chi connectivity index (χ4n) is 1.46. The summed E-state index contributed by atoms with van der Waals surface area (Å²) in [7, 11) is 0. The van der Waals surface area contributed by atoms with Crippen molar-refractivity contribution in [1.82, 2.24) is 0 Å². The second-order valence-electron chi connectivity index (χ2n) is 4.02. The topological polar surface area (TPSA) is 29.1 Å². The molecule has 0 saturated carbocycles. The van der Waals surface area contributed by atoms with Gasteiger partial charge >= 0.3 is 0 Å². The van der Waals surface area contributed by atoms with Crippen LogP contribution < -0.4 is 5.32 Å². The van der Waals surface area contributed by atoms with Crippen molar-refractivity contribution >= 4 is 34.2 Å². The second-order valence-corrected chi connectivity index (χ2v) is 5.19. The van der Waals surface area contributed by atoms with Crippen molar-refractivity contribution in [2.45, 2.75) is 33.6 Å². The van der Waals surface area contributed by atoms with E-state index in [2.05, 4.69) is 53.9 Å². The van der Waals surface area contributed by atoms with Gasteiger partial charge in [-0.1, -0.05) is 13.8 Å². The summed E-state index contributed by atoms with van der Waals surface area (Å²) in [4.78, 5) is 11.0. The third-order valence-electron chi connectivity index (χ3n) is 2.28. The molecule has 2 nitrogen and oxygen atoms in total. The Labute approximate surface area is 105 Å². The van der Waals surface area contributed by atoms with E-state index >= 15 is 0 Å². The molecular weight excluding hydrogens is 301 g/mol. The van der Waals surface area contributed by atoms with E-state index in [9.17, 15) is 4.79 Å². The van der Waals surface area contributed by atoms with Gasteiger partial charge in [0.15, 0.2) is 0 Å². The maximum Gasteiger partial charge on any atom is 0.221 e. The number of amides is 1. The SMILES string of the molecule is CC(=O)Nc1cc(C(C)C)c(I)cc1C. The highest BCUT2D eigenvalue weighted by Crippen LogP contribution is 2.27. The number of hydrogen-bond donors (Lipinski definition) is 1. The van der Waals surface area contributed by atoms with Gasteiger partial charge in [0, 0.05) is 16.2 Å². The molecule has 0 aliphatic rings. The molecule has 1 aromatic rings. The Kier molecular flexibility index (Phi) is 4.13. The van der Waals surface area contributed by atoms with Crippen LogP contribution in [0.25, 0.3) is 0 Å². The smallest absolute Gasteiger partial charge is 0.221 e. The molecule has 0 unspecified atom stereocenters. The molecule has 0 spiro atoms. The zero-order chi connectivity index (χ0) is 11.6. The number of hydrogen-bond acceptors (Lipinski definition) is 1. The van der Waals surface area contributed by atoms with Crippen molar-refractivity contribution in [2.24, 2.45) is 0 Å². The average Bonchev–Trinajstić information content (AvgIpc) is 2.08. The molecule has 82 valence electrons. The quantitative estimate of drug-likeness (QED) is 0.828. The zero-order valence-electron chi connectivity index (χ0n) is 9.52. The number of halogens is 1. The lowest BCUT2D eigenvalue weighted by Crippen LogP contribution is -2.08. The monoisotopic (exact) mass is 317 g/mol. The van der Waals surface area contributed by atoms with Crippen molar-refractivity contribution in [1.29, 1.82) is 0 Å². The van der Waals surface area contributed by atoms with E-state index in [0.717, 1.165) is 11.3 Å². The lowest BCUT2D eigenvalue weighted by molar-refractivity contribution is -0.114. The van der Waals surface area contributed by atoms with Gasteiger partial charge in [-0.05, 0) is 58.7 Å². The summed E-state index contributed by atoms with van der Waals surface area (Å²) >= 11 is 2.34. The van der Waals surface area contributed by atoms with Gasteiger partial charge in [-0.2, -0.15) is 0 Å². The van der Waals surface area contributed by atoms with Crippen molar-refractivity contribution in [2.75, 3.05) is 5.32 Å². The molecule has 0 aromatic heterocycles. The average molecular weight is 317 g/mol. The van der Waals surface area contributed by atoms with Crippen molar-refractivity contribution in [3.63, 3.8) is 0 Å². The molecule has 0 heterocycles. The molecular formula is C12H16INO. The van der Waals surface area contributed by atoms with Gasteiger partial charge in [-0.25, -0.2) is 0 Å². The Morgan fingerprint density at radius 2 is 2.00 bits per heavy atom. The maximum absolute atomic E-state index is 11.0. The first-order valence-electron chi connectivity index (χ1n) is 4.99. The Morgan fingerprint density at radius 1 is 1.40 bits per heavy atom. The number of carbonyl (C=O) groups excluding carboxylic acids is 1. The number of benzene rings is 1. The van der Waals surface area contributed by atoms with Crippen LogP contribution in [0.15, 0.2) is 12.1 Å². The van der Waals surface area contributed by atoms with E-state index < -0.39 is 0 Å². The van der Waals surface area contributed by atoms with Crippen LogP contribution in [0.2, 0.25) is 0 Å². The molecule has 0 aliphatic carbocycles. The number of carbonyl (C=O) groups is 1. The van der Waals surface area contributed by atoms with Gasteiger partial charge in [0.2, 0.25) is 5.91 Å². The van der Waals surface area contributed by atoms with Crippen LogP contribution in [0.3, 0.4) is 0 Å². The second kappa shape index (κ2) is 4.96. The molecule has 1 amide bonds. The van der Waals surface area contributed by atoms with Crippen LogP contribution in [0, 0.1) is 10.5 Å². The maximum atomic E-state index is 11.0. The van der Waals surface area contributed by atoms with Gasteiger partial charge in [0.25, 0.3) is 0 Å². The summed E-state index contributed by atoms with van der Waals surface area (Å²) in [5.74, 6) is 0.457. The molecule has 0 aliphatic heterocycles. The highest BCUT2D eigenvalue weighted by molar-refractivity contribution is 14.1. The number of rotatable bonds is 2. The first kappa shape index (κ1) is 12.5. The van der Waals surface area contributed by atoms with Crippen LogP contribution in [0.4, 0.5) is 5.69 Å². The van der Waals surface area contributed by atoms with E-state index in [1.54, 1.807) is 0 Å². The predicted octanol–water partition coefficient (Wildman–Crippen LogP) is 3.68. The summed E-state index contributed by atoms with van der Waals surface area (Å²) in [5, 5.41) is 2.85. The van der Waals surface area contributed by atoms with Crippen LogP contribution in [-0.4, -0.2) is 5.91 Å². The largest absolute Gasteiger partial charge is 0.326 e. The van der Waals surface area contributed by atoms with Crippen molar-refractivity contribution in [3.05, 3.63) is 26.8 Å². The normalized spacial score (nSPS) is 10.5. The standard InChI is InChI=1S/C12H16INO/c1-7(2)10-6-12(14-9(4)15)8(3)5-11(10)13/h5-7H,1-4H3,(H,14,15). The Balaban J connectivity index is 3.17. The van der Waals surface area contributed by atoms with Gasteiger partial charge < -0.3 is 5.32 Å². The minimum Gasteiger partial charge on any atom is -0.326 e. The first-order chi connectivity index (χ1) is 6.91. The molecule has 0 saturated heterocycles. The highest BCUT2D eigenvalue weighted by atomic mass is 127. The van der Waals surface area contributed by atoms with E-state index in [4.69, 9.17) is 0 Å². The van der Waals surface area contributed by atoms with Gasteiger partial charge in [0.1, 0.15) is 0 Å². The number of nitrogens with one attached hydrogen (secondary N) is 1. The molecule has 15 heavy (non-hydrogen) atoms. The summed E-state index contributed by atoms with van der Waals surface area (Å²) < 4.78 is 1.26. The van der Waals surface area contributed by atoms with Crippen LogP contribution in [0.1, 0.15) is 37.8 Å². The minimum absolute atomic E-state index is 0.0194. The van der Waals surface area contributed by atoms with Crippen molar-refractivity contribution in [3.8, 4) is 0 Å². The lowest BCUT2D eigenvalue weighted by atomic mass is 10.0. The van der Waals surface area contributed by atoms with E-state index in [0.29, 0.717) is 5.92 Å². The minimum atomic E-state index is -0.0194.